The molecule has 0 unspecified atom stereocenters. The highest BCUT2D eigenvalue weighted by molar-refractivity contribution is 6.31. The number of aromatic nitrogens is 2. The number of rotatable bonds is 12. The van der Waals surface area contributed by atoms with Gasteiger partial charge in [0.05, 0.1) is 35.7 Å². The summed E-state index contributed by atoms with van der Waals surface area (Å²) in [5.41, 5.74) is 2.66. The Morgan fingerprint density at radius 1 is 0.638 bits per heavy atom. The summed E-state index contributed by atoms with van der Waals surface area (Å²) in [5, 5.41) is 23.5. The zero-order chi connectivity index (χ0) is 33.6. The van der Waals surface area contributed by atoms with Crippen LogP contribution in [0.1, 0.15) is 79.7 Å². The van der Waals surface area contributed by atoms with Gasteiger partial charge in [-0.2, -0.15) is 0 Å². The molecule has 2 aromatic carbocycles. The number of hydrogen-bond acceptors (Lipinski definition) is 8. The lowest BCUT2D eigenvalue weighted by Gasteiger charge is -2.23. The van der Waals surface area contributed by atoms with Crippen LogP contribution in [0.4, 0.5) is 0 Å². The maximum atomic E-state index is 11.5. The summed E-state index contributed by atoms with van der Waals surface area (Å²) in [6, 6.07) is 21.1. The lowest BCUT2D eigenvalue weighted by molar-refractivity contribution is -0.141. The first-order valence-electron chi connectivity index (χ1n) is 14.3. The number of benzene rings is 2. The Morgan fingerprint density at radius 2 is 1.02 bits per heavy atom. The van der Waals surface area contributed by atoms with Crippen LogP contribution < -0.4 is 0 Å². The second-order valence-corrected chi connectivity index (χ2v) is 12.0. The summed E-state index contributed by atoms with van der Waals surface area (Å²) < 4.78 is 9.36. The minimum atomic E-state index is -0.879. The second-order valence-electron chi connectivity index (χ2n) is 10.2. The first kappa shape index (κ1) is 39.9. The summed E-state index contributed by atoms with van der Waals surface area (Å²) in [4.78, 5) is 31.2. The molecule has 0 aliphatic rings. The SMILES string of the molecule is C.COC(=O)CC[C@@H](c1cccc(Cl)c1)[C@H](O)c1ccc(Cl)cn1.COC(=O)CC[C@H](c1cccc(Cl)c1)[C@@H](O)c1ccc(Cl)cn1. The van der Waals surface area contributed by atoms with Gasteiger partial charge in [-0.1, -0.05) is 78.1 Å². The van der Waals surface area contributed by atoms with E-state index < -0.39 is 12.2 Å². The highest BCUT2D eigenvalue weighted by Crippen LogP contribution is 2.36. The molecule has 2 N–H and O–H groups in total. The topological polar surface area (TPSA) is 119 Å². The Labute approximate surface area is 295 Å². The van der Waals surface area contributed by atoms with Crippen LogP contribution in [0, 0.1) is 0 Å². The molecule has 2 aromatic heterocycles. The van der Waals surface area contributed by atoms with E-state index in [1.54, 1.807) is 48.5 Å². The summed E-state index contributed by atoms with van der Waals surface area (Å²) in [6.07, 6.45) is 2.42. The van der Waals surface area contributed by atoms with Gasteiger partial charge in [-0.25, -0.2) is 0 Å². The third kappa shape index (κ3) is 12.7. The number of nitrogens with zero attached hydrogens (tertiary/aromatic N) is 2. The predicted octanol–water partition coefficient (Wildman–Crippen LogP) is 8.95. The number of pyridine rings is 2. The number of aliphatic hydroxyl groups is 2. The fourth-order valence-corrected chi connectivity index (χ4v) is 5.40. The Balaban J connectivity index is 0.000000320. The van der Waals surface area contributed by atoms with Gasteiger partial charge in [0.2, 0.25) is 0 Å². The van der Waals surface area contributed by atoms with Gasteiger partial charge < -0.3 is 19.7 Å². The second kappa shape index (κ2) is 20.2. The van der Waals surface area contributed by atoms with Crippen LogP contribution in [0.15, 0.2) is 85.2 Å². The molecule has 4 rings (SSSR count). The number of methoxy groups -OCH3 is 2. The van der Waals surface area contributed by atoms with Gasteiger partial charge in [-0.05, 0) is 72.5 Å². The maximum Gasteiger partial charge on any atom is 0.305 e. The van der Waals surface area contributed by atoms with Crippen molar-refractivity contribution in [3.05, 3.63) is 128 Å². The smallest absolute Gasteiger partial charge is 0.305 e. The van der Waals surface area contributed by atoms with Crippen molar-refractivity contribution in [2.24, 2.45) is 0 Å². The monoisotopic (exact) mass is 722 g/mol. The van der Waals surface area contributed by atoms with Crippen molar-refractivity contribution in [3.8, 4) is 0 Å². The molecule has 0 spiro atoms. The molecule has 4 atom stereocenters. The van der Waals surface area contributed by atoms with Crippen LogP contribution in [-0.2, 0) is 19.1 Å². The summed E-state index contributed by atoms with van der Waals surface area (Å²) >= 11 is 23.8. The van der Waals surface area contributed by atoms with Crippen LogP contribution in [0.2, 0.25) is 20.1 Å². The van der Waals surface area contributed by atoms with E-state index in [4.69, 9.17) is 46.4 Å². The number of halogens is 4. The van der Waals surface area contributed by atoms with E-state index in [0.29, 0.717) is 44.3 Å². The van der Waals surface area contributed by atoms with Crippen LogP contribution in [0.25, 0.3) is 0 Å². The van der Waals surface area contributed by atoms with Crippen molar-refractivity contribution in [1.29, 1.82) is 0 Å². The van der Waals surface area contributed by atoms with Crippen molar-refractivity contribution in [3.63, 3.8) is 0 Å². The molecule has 2 heterocycles. The molecule has 12 heteroatoms. The normalized spacial score (nSPS) is 13.1. The molecule has 0 radical (unpaired) electrons. The van der Waals surface area contributed by atoms with E-state index in [9.17, 15) is 19.8 Å². The zero-order valence-electron chi connectivity index (χ0n) is 25.2. The molecular formula is C35H38Cl4N2O6. The van der Waals surface area contributed by atoms with Crippen LogP contribution in [0.3, 0.4) is 0 Å². The molecule has 8 nitrogen and oxygen atoms in total. The Hall–Kier alpha value is -3.24. The van der Waals surface area contributed by atoms with E-state index >= 15 is 0 Å². The molecule has 0 saturated heterocycles. The number of esters is 2. The van der Waals surface area contributed by atoms with Crippen molar-refractivity contribution >= 4 is 58.3 Å². The average molecular weight is 725 g/mol. The molecule has 252 valence electrons. The molecule has 0 saturated carbocycles. The standard InChI is InChI=1S/2C17H17Cl2NO3.CH4/c2*1-23-16(21)8-6-14(11-3-2-4-12(18)9-11)17(22)15-7-5-13(19)10-20-15;/h2*2-5,7,9-10,14,17,22H,6,8H2,1H3;1H4/t2*14-,17-;/m10./s1. The third-order valence-electron chi connectivity index (χ3n) is 7.20. The van der Waals surface area contributed by atoms with E-state index in [0.717, 1.165) is 11.1 Å². The fraction of sp³-hybridized carbons (Fsp3) is 0.314. The maximum absolute atomic E-state index is 11.5. The van der Waals surface area contributed by atoms with Crippen molar-refractivity contribution in [1.82, 2.24) is 9.97 Å². The average Bonchev–Trinajstić information content (AvgIpc) is 3.05. The Bertz CT molecular complexity index is 1440. The largest absolute Gasteiger partial charge is 0.469 e. The van der Waals surface area contributed by atoms with Gasteiger partial charge in [0.15, 0.2) is 0 Å². The molecule has 0 fully saturated rings. The van der Waals surface area contributed by atoms with Crippen molar-refractivity contribution in [2.45, 2.75) is 57.2 Å². The fourth-order valence-electron chi connectivity index (χ4n) is 4.78. The molecule has 0 aliphatic carbocycles. The highest BCUT2D eigenvalue weighted by atomic mass is 35.5. The van der Waals surface area contributed by atoms with Crippen LogP contribution in [0.5, 0.6) is 0 Å². The van der Waals surface area contributed by atoms with Gasteiger partial charge in [0.1, 0.15) is 12.2 Å². The van der Waals surface area contributed by atoms with Gasteiger partial charge >= 0.3 is 11.9 Å². The first-order chi connectivity index (χ1) is 22.0. The lowest BCUT2D eigenvalue weighted by Crippen LogP contribution is -2.14. The van der Waals surface area contributed by atoms with E-state index in [1.165, 1.54) is 26.6 Å². The summed E-state index contributed by atoms with van der Waals surface area (Å²) in [7, 11) is 2.68. The van der Waals surface area contributed by atoms with Gasteiger partial charge in [-0.15, -0.1) is 0 Å². The number of hydrogen-bond donors (Lipinski definition) is 2. The Kier molecular flexibility index (Phi) is 17.2. The molecule has 0 bridgehead atoms. The van der Waals surface area contributed by atoms with Gasteiger partial charge in [0.25, 0.3) is 0 Å². The molecule has 47 heavy (non-hydrogen) atoms. The number of carbonyl (C=O) groups is 2. The van der Waals surface area contributed by atoms with Crippen molar-refractivity contribution < 1.29 is 29.3 Å². The zero-order valence-corrected chi connectivity index (χ0v) is 28.2. The summed E-state index contributed by atoms with van der Waals surface area (Å²) in [6.45, 7) is 0. The summed E-state index contributed by atoms with van der Waals surface area (Å²) in [5.74, 6) is -1.32. The minimum Gasteiger partial charge on any atom is -0.469 e. The van der Waals surface area contributed by atoms with Crippen LogP contribution >= 0.6 is 46.4 Å². The van der Waals surface area contributed by atoms with Crippen LogP contribution in [-0.4, -0.2) is 46.3 Å². The quantitative estimate of drug-likeness (QED) is 0.139. The molecule has 0 amide bonds. The predicted molar refractivity (Wildman–Crippen MR) is 186 cm³/mol. The number of carbonyl (C=O) groups excluding carboxylic acids is 2. The first-order valence-corrected chi connectivity index (χ1v) is 15.8. The van der Waals surface area contributed by atoms with Gasteiger partial charge in [-0.3, -0.25) is 19.6 Å². The minimum absolute atomic E-state index is 0. The van der Waals surface area contributed by atoms with E-state index in [-0.39, 0.29) is 44.0 Å². The van der Waals surface area contributed by atoms with E-state index in [1.807, 2.05) is 24.3 Å². The Morgan fingerprint density at radius 3 is 1.32 bits per heavy atom. The number of ether oxygens (including phenoxy) is 2. The molecular weight excluding hydrogens is 686 g/mol. The van der Waals surface area contributed by atoms with Gasteiger partial charge in [0, 0.05) is 47.1 Å². The van der Waals surface area contributed by atoms with E-state index in [2.05, 4.69) is 19.4 Å². The molecule has 4 aromatic rings. The highest BCUT2D eigenvalue weighted by Gasteiger charge is 2.26. The number of aliphatic hydroxyl groups excluding tert-OH is 2. The third-order valence-corrected chi connectivity index (χ3v) is 8.11. The molecule has 0 aliphatic heterocycles. The lowest BCUT2D eigenvalue weighted by atomic mass is 9.87. The van der Waals surface area contributed by atoms with Crippen molar-refractivity contribution in [2.75, 3.05) is 14.2 Å².